The third-order valence-corrected chi connectivity index (χ3v) is 4.71. The van der Waals surface area contributed by atoms with Gasteiger partial charge in [0.05, 0.1) is 0 Å². The average Bonchev–Trinajstić information content (AvgIpc) is 3.05. The van der Waals surface area contributed by atoms with Gasteiger partial charge in [-0.1, -0.05) is 37.3 Å². The van der Waals surface area contributed by atoms with Crippen molar-refractivity contribution in [1.29, 1.82) is 0 Å². The number of nitrogens with one attached hydrogen (secondary N) is 2. The second-order valence-corrected chi connectivity index (χ2v) is 6.51. The zero-order valence-electron chi connectivity index (χ0n) is 15.9. The maximum absolute atomic E-state index is 4.34. The van der Waals surface area contributed by atoms with Crippen molar-refractivity contribution in [2.75, 3.05) is 13.6 Å². The summed E-state index contributed by atoms with van der Waals surface area (Å²) in [5, 5.41) is 6.92. The third-order valence-electron chi connectivity index (χ3n) is 4.71. The van der Waals surface area contributed by atoms with Crippen molar-refractivity contribution in [3.05, 3.63) is 54.1 Å². The van der Waals surface area contributed by atoms with Gasteiger partial charge in [0.15, 0.2) is 5.96 Å². The highest BCUT2D eigenvalue weighted by Crippen LogP contribution is 2.18. The number of hydrogen-bond acceptors (Lipinski definition) is 2. The predicted octanol–water partition coefficient (Wildman–Crippen LogP) is 3.33. The molecule has 0 bridgehead atoms. The van der Waals surface area contributed by atoms with E-state index in [1.165, 1.54) is 5.56 Å². The fourth-order valence-corrected chi connectivity index (χ4v) is 2.83. The number of aromatic nitrogens is 2. The normalized spacial score (nSPS) is 14.2. The van der Waals surface area contributed by atoms with Crippen LogP contribution < -0.4 is 10.6 Å². The molecule has 0 fully saturated rings. The molecule has 0 aliphatic heterocycles. The van der Waals surface area contributed by atoms with Gasteiger partial charge >= 0.3 is 0 Å². The molecule has 0 saturated carbocycles. The molecule has 0 aliphatic carbocycles. The molecule has 0 radical (unpaired) electrons. The van der Waals surface area contributed by atoms with Crippen LogP contribution in [-0.4, -0.2) is 35.1 Å². The van der Waals surface area contributed by atoms with Crippen LogP contribution >= 0.6 is 0 Å². The van der Waals surface area contributed by atoms with E-state index in [1.54, 1.807) is 0 Å². The maximum atomic E-state index is 4.34. The summed E-state index contributed by atoms with van der Waals surface area (Å²) in [7, 11) is 1.82. The van der Waals surface area contributed by atoms with Crippen molar-refractivity contribution < 1.29 is 0 Å². The highest BCUT2D eigenvalue weighted by atomic mass is 15.2. The van der Waals surface area contributed by atoms with Crippen molar-refractivity contribution in [2.45, 2.75) is 52.1 Å². The zero-order chi connectivity index (χ0) is 18.1. The van der Waals surface area contributed by atoms with Crippen molar-refractivity contribution >= 4 is 5.96 Å². The van der Waals surface area contributed by atoms with Crippen LogP contribution in [0.25, 0.3) is 0 Å². The minimum atomic E-state index is 0.308. The fraction of sp³-hybridized carbons (Fsp3) is 0.500. The monoisotopic (exact) mass is 341 g/mol. The summed E-state index contributed by atoms with van der Waals surface area (Å²) in [5.41, 5.74) is 1.34. The van der Waals surface area contributed by atoms with E-state index in [9.17, 15) is 0 Å². The van der Waals surface area contributed by atoms with E-state index >= 15 is 0 Å². The summed E-state index contributed by atoms with van der Waals surface area (Å²) in [5.74, 6) is 2.37. The Labute approximate surface area is 151 Å². The van der Waals surface area contributed by atoms with Gasteiger partial charge in [0.25, 0.3) is 0 Å². The summed E-state index contributed by atoms with van der Waals surface area (Å²) in [6.45, 7) is 8.42. The standard InChI is InChI=1S/C20H31N5/c1-16(19-10-6-5-7-11-19)17(2)24-20(21-4)23-12-8-9-14-25-15-13-22-18(25)3/h5-7,10-11,13,15-17H,8-9,12,14H2,1-4H3,(H2,21,23,24). The van der Waals surface area contributed by atoms with Gasteiger partial charge < -0.3 is 15.2 Å². The molecule has 2 N–H and O–H groups in total. The first kappa shape index (κ1) is 19.0. The Morgan fingerprint density at radius 2 is 1.96 bits per heavy atom. The van der Waals surface area contributed by atoms with Crippen LogP contribution in [0.3, 0.4) is 0 Å². The van der Waals surface area contributed by atoms with E-state index in [4.69, 9.17) is 0 Å². The van der Waals surface area contributed by atoms with Crippen LogP contribution in [-0.2, 0) is 6.54 Å². The number of hydrogen-bond donors (Lipinski definition) is 2. The highest BCUT2D eigenvalue weighted by molar-refractivity contribution is 5.80. The molecule has 1 aromatic carbocycles. The van der Waals surface area contributed by atoms with E-state index in [0.29, 0.717) is 12.0 Å². The van der Waals surface area contributed by atoms with Crippen molar-refractivity contribution in [2.24, 2.45) is 4.99 Å². The molecule has 0 saturated heterocycles. The van der Waals surface area contributed by atoms with Crippen LogP contribution in [0, 0.1) is 6.92 Å². The number of aliphatic imine (C=N–C) groups is 1. The van der Waals surface area contributed by atoms with E-state index in [1.807, 2.05) is 26.4 Å². The number of rotatable bonds is 8. The maximum Gasteiger partial charge on any atom is 0.191 e. The predicted molar refractivity (Wildman–Crippen MR) is 105 cm³/mol. The van der Waals surface area contributed by atoms with Gasteiger partial charge in [-0.25, -0.2) is 4.98 Å². The van der Waals surface area contributed by atoms with E-state index in [0.717, 1.165) is 37.7 Å². The SMILES string of the molecule is CN=C(NCCCCn1ccnc1C)NC(C)C(C)c1ccccc1. The van der Waals surface area contributed by atoms with E-state index < -0.39 is 0 Å². The second kappa shape index (κ2) is 9.87. The first-order valence-electron chi connectivity index (χ1n) is 9.11. The molecule has 2 aromatic rings. The van der Waals surface area contributed by atoms with Gasteiger partial charge in [-0.15, -0.1) is 0 Å². The molecular weight excluding hydrogens is 310 g/mol. The summed E-state index contributed by atoms with van der Waals surface area (Å²) in [6.07, 6.45) is 6.11. The van der Waals surface area contributed by atoms with Crippen molar-refractivity contribution in [3.8, 4) is 0 Å². The molecule has 5 nitrogen and oxygen atoms in total. The summed E-state index contributed by atoms with van der Waals surface area (Å²) in [4.78, 5) is 8.59. The lowest BCUT2D eigenvalue weighted by molar-refractivity contribution is 0.544. The second-order valence-electron chi connectivity index (χ2n) is 6.51. The fourth-order valence-electron chi connectivity index (χ4n) is 2.83. The minimum absolute atomic E-state index is 0.308. The van der Waals surface area contributed by atoms with Gasteiger partial charge in [0, 0.05) is 44.5 Å². The molecule has 5 heteroatoms. The quantitative estimate of drug-likeness (QED) is 0.440. The average molecular weight is 342 g/mol. The Bertz CT molecular complexity index is 647. The van der Waals surface area contributed by atoms with Crippen LogP contribution in [0.2, 0.25) is 0 Å². The Kier molecular flexibility index (Phi) is 7.51. The molecule has 0 spiro atoms. The molecule has 25 heavy (non-hydrogen) atoms. The third kappa shape index (κ3) is 5.93. The van der Waals surface area contributed by atoms with Gasteiger partial charge in [0.1, 0.15) is 5.82 Å². The minimum Gasteiger partial charge on any atom is -0.356 e. The smallest absolute Gasteiger partial charge is 0.191 e. The zero-order valence-corrected chi connectivity index (χ0v) is 15.9. The van der Waals surface area contributed by atoms with Crippen molar-refractivity contribution in [1.82, 2.24) is 20.2 Å². The molecule has 2 unspecified atom stereocenters. The largest absolute Gasteiger partial charge is 0.356 e. The molecule has 2 atom stereocenters. The topological polar surface area (TPSA) is 54.2 Å². The molecule has 136 valence electrons. The van der Waals surface area contributed by atoms with Crippen LogP contribution in [0.1, 0.15) is 44.0 Å². The number of imidazole rings is 1. The number of nitrogens with zero attached hydrogens (tertiary/aromatic N) is 3. The molecule has 1 aromatic heterocycles. The first-order chi connectivity index (χ1) is 12.1. The number of guanidine groups is 1. The molecule has 1 heterocycles. The van der Waals surface area contributed by atoms with Gasteiger partial charge in [-0.3, -0.25) is 4.99 Å². The Morgan fingerprint density at radius 1 is 1.20 bits per heavy atom. The van der Waals surface area contributed by atoms with Gasteiger partial charge in [0.2, 0.25) is 0 Å². The van der Waals surface area contributed by atoms with Crippen LogP contribution in [0.15, 0.2) is 47.7 Å². The van der Waals surface area contributed by atoms with E-state index in [2.05, 4.69) is 69.4 Å². The van der Waals surface area contributed by atoms with Gasteiger partial charge in [-0.2, -0.15) is 0 Å². The Morgan fingerprint density at radius 3 is 2.60 bits per heavy atom. The summed E-state index contributed by atoms with van der Waals surface area (Å²) in [6, 6.07) is 10.9. The highest BCUT2D eigenvalue weighted by Gasteiger charge is 2.15. The molecular formula is C20H31N5. The Balaban J connectivity index is 1.70. The summed E-state index contributed by atoms with van der Waals surface area (Å²) >= 11 is 0. The van der Waals surface area contributed by atoms with Crippen LogP contribution in [0.5, 0.6) is 0 Å². The van der Waals surface area contributed by atoms with Crippen molar-refractivity contribution in [3.63, 3.8) is 0 Å². The first-order valence-corrected chi connectivity index (χ1v) is 9.11. The lowest BCUT2D eigenvalue weighted by Crippen LogP contribution is -2.44. The molecule has 2 rings (SSSR count). The number of aryl methyl sites for hydroxylation is 2. The van der Waals surface area contributed by atoms with Gasteiger partial charge in [-0.05, 0) is 32.3 Å². The lowest BCUT2D eigenvalue weighted by atomic mass is 9.94. The number of benzene rings is 1. The summed E-state index contributed by atoms with van der Waals surface area (Å²) < 4.78 is 2.19. The lowest BCUT2D eigenvalue weighted by Gasteiger charge is -2.24. The molecule has 0 aliphatic rings. The molecule has 0 amide bonds. The van der Waals surface area contributed by atoms with Crippen LogP contribution in [0.4, 0.5) is 0 Å². The number of unbranched alkanes of at least 4 members (excludes halogenated alkanes) is 1. The van der Waals surface area contributed by atoms with E-state index in [-0.39, 0.29) is 0 Å². The Hall–Kier alpha value is -2.30.